The number of carboxylic acids is 3. The van der Waals surface area contributed by atoms with Crippen LogP contribution in [0.3, 0.4) is 0 Å². The third kappa shape index (κ3) is 29.9. The molecule has 581 valence electrons. The molecule has 0 aromatic heterocycles. The molecule has 21 N–H and O–H groups in total. The molecule has 2 heterocycles. The Labute approximate surface area is 633 Å². The molecule has 2 fully saturated rings. The summed E-state index contributed by atoms with van der Waals surface area (Å²) in [5, 5.41) is 84.9. The van der Waals surface area contributed by atoms with E-state index in [4.69, 9.17) is 28.8 Å². The van der Waals surface area contributed by atoms with Crippen LogP contribution in [0.1, 0.15) is 61.3 Å². The Balaban J connectivity index is 0.0000202. The summed E-state index contributed by atoms with van der Waals surface area (Å²) in [7, 11) is 1.68. The van der Waals surface area contributed by atoms with Gasteiger partial charge in [-0.05, 0) is 110 Å². The van der Waals surface area contributed by atoms with Gasteiger partial charge in [-0.25, -0.2) is 4.79 Å². The first kappa shape index (κ1) is 87.3. The van der Waals surface area contributed by atoms with E-state index >= 15 is 14.4 Å². The number of aliphatic hydroxyl groups is 1. The maximum Gasteiger partial charge on any atom is 0.320 e. The minimum absolute atomic E-state index is 0. The molecule has 6 rings (SSSR count). The second-order valence-corrected chi connectivity index (χ2v) is 28.2. The molecular formula is C68H90ClCuN15O19S2. The quantitative estimate of drug-likeness (QED) is 0.0160. The average molecular weight is 1580 g/mol. The number of rotatable bonds is 29. The summed E-state index contributed by atoms with van der Waals surface area (Å²) < 4.78 is 0. The van der Waals surface area contributed by atoms with Gasteiger partial charge in [0.1, 0.15) is 65.9 Å². The topological polar surface area (TPSA) is 539 Å². The molecule has 0 spiro atoms. The Kier molecular flexibility index (Phi) is 36.2. The molecule has 2 saturated heterocycles. The molecule has 11 amide bonds. The van der Waals surface area contributed by atoms with E-state index in [0.717, 1.165) is 28.5 Å². The van der Waals surface area contributed by atoms with Crippen LogP contribution in [0.15, 0.2) is 97.1 Å². The second-order valence-electron chi connectivity index (χ2n) is 25.2. The van der Waals surface area contributed by atoms with Gasteiger partial charge in [0, 0.05) is 111 Å². The van der Waals surface area contributed by atoms with Gasteiger partial charge in [-0.15, -0.1) is 0 Å². The summed E-state index contributed by atoms with van der Waals surface area (Å²) in [5.41, 5.74) is 18.8. The number of nitrogens with two attached hydrogens (primary N) is 3. The van der Waals surface area contributed by atoms with E-state index in [0.29, 0.717) is 33.7 Å². The van der Waals surface area contributed by atoms with Crippen LogP contribution in [0.4, 0.5) is 10.5 Å². The minimum atomic E-state index is -1.86. The summed E-state index contributed by atoms with van der Waals surface area (Å²) in [6.45, 7) is 0.957. The van der Waals surface area contributed by atoms with E-state index in [1.54, 1.807) is 12.1 Å². The molecular weight excluding hydrogens is 1490 g/mol. The molecule has 34 nitrogen and oxygen atoms in total. The van der Waals surface area contributed by atoms with Crippen molar-refractivity contribution in [3.8, 4) is 11.5 Å². The monoisotopic (exact) mass is 1580 g/mol. The Hall–Kier alpha value is -9.30. The number of phenolic OH excluding ortho intramolecular Hbond substituents is 2. The van der Waals surface area contributed by atoms with Gasteiger partial charge in [-0.1, -0.05) is 81.7 Å². The number of unbranched alkanes of at least 4 members (excludes halogenated alkanes) is 1. The number of halogens is 1. The van der Waals surface area contributed by atoms with Crippen molar-refractivity contribution in [2.24, 2.45) is 17.2 Å². The van der Waals surface area contributed by atoms with E-state index in [2.05, 4.69) is 47.9 Å². The van der Waals surface area contributed by atoms with E-state index in [9.17, 15) is 78.6 Å². The number of primary amides is 2. The maximum absolute atomic E-state index is 15.3. The van der Waals surface area contributed by atoms with E-state index in [1.165, 1.54) is 99.6 Å². The van der Waals surface area contributed by atoms with E-state index in [1.807, 2.05) is 0 Å². The van der Waals surface area contributed by atoms with Gasteiger partial charge in [0.25, 0.3) is 0 Å². The van der Waals surface area contributed by atoms with Gasteiger partial charge in [-0.2, -0.15) is 0 Å². The number of hydrogen-bond acceptors (Lipinski definition) is 22. The van der Waals surface area contributed by atoms with E-state index in [-0.39, 0.29) is 125 Å². The molecule has 4 aromatic rings. The van der Waals surface area contributed by atoms with Gasteiger partial charge in [0.05, 0.1) is 19.2 Å². The van der Waals surface area contributed by atoms with Crippen molar-refractivity contribution in [3.05, 3.63) is 124 Å². The van der Waals surface area contributed by atoms with Crippen LogP contribution < -0.4 is 65.1 Å². The standard InChI is InChI=1S/C68H90ClN15O19S2.Cu/c1-38(85)58-66(100)80-53(64(98)76-48(59(71)93)30-41-9-17-45(86)18-10-41)37-105-104-36-52(79-61(95)49(31-39-5-13-43(69)14-6-39)74-55(88)22-21-54(67(101)102)84-28-26-82(34-56(89)90)24-25-83(27-29-84)35-57(91)92)65(99)78-51(33-42-11-19-46(87)20-12-42)63(97)77-50(32-40-7-15-44(16-8-40)73-68(72)103)62(96)75-47(60(94)81-58)4-2-3-23-70;/h5-20,38,47-54,58,85-87H,2-4,21-37,70H2,1H3,(H2,71,93)(H,74,88)(H,75,96)(H,76,98)(H,77,97)(H,78,99)(H,79,95)(H,80,100)(H,81,94)(H,89,90)(H,91,92)(H,101,102)(H3,72,73,103);/t38-,47+,48-,49-,50-,51+,52+,53+,54-,58+;/m1./s1/i;1-3. The van der Waals surface area contributed by atoms with Gasteiger partial charge in [-0.3, -0.25) is 72.2 Å². The van der Waals surface area contributed by atoms with Crippen LogP contribution in [-0.4, -0.2) is 253 Å². The number of nitrogens with one attached hydrogen (secondary N) is 9. The largest absolute Gasteiger partial charge is 0.508 e. The zero-order valence-electron chi connectivity index (χ0n) is 57.7. The predicted molar refractivity (Wildman–Crippen MR) is 387 cm³/mol. The summed E-state index contributed by atoms with van der Waals surface area (Å²) >= 11 is 6.26. The third-order valence-electron chi connectivity index (χ3n) is 17.0. The van der Waals surface area contributed by atoms with Crippen molar-refractivity contribution in [2.45, 2.75) is 125 Å². The van der Waals surface area contributed by atoms with Crippen LogP contribution in [0.2, 0.25) is 5.02 Å². The number of aliphatic carboxylic acids is 3. The molecule has 0 unspecified atom stereocenters. The van der Waals surface area contributed by atoms with Crippen molar-refractivity contribution >= 4 is 116 Å². The van der Waals surface area contributed by atoms with Crippen LogP contribution in [-0.2, 0) is 100 Å². The Morgan fingerprint density at radius 1 is 0.594 bits per heavy atom. The normalized spacial score (nSPS) is 20.5. The molecule has 2 aliphatic heterocycles. The van der Waals surface area contributed by atoms with Crippen LogP contribution in [0.5, 0.6) is 11.5 Å². The zero-order chi connectivity index (χ0) is 76.9. The first-order valence-corrected chi connectivity index (χ1v) is 36.4. The van der Waals surface area contributed by atoms with Crippen molar-refractivity contribution < 1.29 is 110 Å². The molecule has 4 aromatic carbocycles. The molecule has 0 bridgehead atoms. The fraction of sp³-hybridized carbons (Fsp3) is 0.456. The smallest absolute Gasteiger partial charge is 0.320 e. The fourth-order valence-electron chi connectivity index (χ4n) is 11.4. The molecule has 106 heavy (non-hydrogen) atoms. The number of phenols is 2. The number of benzene rings is 4. The Bertz CT molecular complexity index is 3640. The zero-order valence-corrected chi connectivity index (χ0v) is 61.0. The van der Waals surface area contributed by atoms with Gasteiger partial charge in [0.2, 0.25) is 53.2 Å². The molecule has 38 heteroatoms. The number of hydrogen-bond donors (Lipinski definition) is 18. The second kappa shape index (κ2) is 44.0. The molecule has 2 aliphatic rings. The summed E-state index contributed by atoms with van der Waals surface area (Å²) in [5.74, 6) is -13.9. The molecule has 0 saturated carbocycles. The minimum Gasteiger partial charge on any atom is -0.508 e. The SMILES string of the molecule is C[C@@H](O)[C@@H]1NC(=O)[C@H](CCCCN)NC(=O)[C@@H](Cc2ccc(NC(N)=O)cc2)NC(=O)[C@H](Cc2ccc(O)cc2)NC(=O)[C@@H](NC(=O)[C@@H](Cc2ccc(Cl)cc2)NC(=O)CC[C@H](C(=O)O)N2CCN(CC(=O)O)CCN(CC(=O)O)CC2)CSSC[C@@H](C(=O)N[C@H](Cc2ccc(O)cc2)C(N)=O)NC1=O.[61Cu]. The van der Waals surface area contributed by atoms with Crippen molar-refractivity contribution in [1.82, 2.24) is 57.2 Å². The fourth-order valence-corrected chi connectivity index (χ4v) is 13.8. The summed E-state index contributed by atoms with van der Waals surface area (Å²) in [6, 6.07) is 7.85. The van der Waals surface area contributed by atoms with E-state index < -0.39 is 169 Å². The molecule has 0 aliphatic carbocycles. The molecule has 10 atom stereocenters. The number of carbonyl (C=O) groups is 13. The summed E-state index contributed by atoms with van der Waals surface area (Å²) in [6.07, 6.45) is -3.34. The van der Waals surface area contributed by atoms with Crippen molar-refractivity contribution in [3.63, 3.8) is 0 Å². The molecule has 1 radical (unpaired) electrons. The number of carbonyl (C=O) groups excluding carboxylic acids is 10. The predicted octanol–water partition coefficient (Wildman–Crippen LogP) is -1.90. The first-order chi connectivity index (χ1) is 49.9. The van der Waals surface area contributed by atoms with Crippen molar-refractivity contribution in [1.29, 1.82) is 0 Å². The van der Waals surface area contributed by atoms with Crippen molar-refractivity contribution in [2.75, 3.05) is 75.7 Å². The first-order valence-electron chi connectivity index (χ1n) is 33.6. The number of aromatic hydroxyl groups is 2. The number of amides is 11. The summed E-state index contributed by atoms with van der Waals surface area (Å²) in [4.78, 5) is 184. The average Bonchev–Trinajstić information content (AvgIpc) is 1.10. The number of nitrogens with zero attached hydrogens (tertiary/aromatic N) is 3. The Morgan fingerprint density at radius 3 is 1.58 bits per heavy atom. The van der Waals surface area contributed by atoms with Gasteiger partial charge in [0.15, 0.2) is 0 Å². The number of anilines is 1. The Morgan fingerprint density at radius 2 is 1.08 bits per heavy atom. The van der Waals surface area contributed by atoms with Crippen LogP contribution in [0, 0.1) is 0 Å². The number of aliphatic hydroxyl groups excluding tert-OH is 1. The van der Waals surface area contributed by atoms with Crippen LogP contribution in [0.25, 0.3) is 0 Å². The van der Waals surface area contributed by atoms with Gasteiger partial charge < -0.3 is 95.7 Å². The maximum atomic E-state index is 15.3. The van der Waals surface area contributed by atoms with Gasteiger partial charge >= 0.3 is 23.9 Å². The third-order valence-corrected chi connectivity index (χ3v) is 19.7. The number of carboxylic acid groups (broad SMARTS) is 3. The van der Waals surface area contributed by atoms with Crippen LogP contribution >= 0.6 is 33.2 Å². The number of urea groups is 1.